The minimum Gasteiger partial charge on any atom is -0.383 e. The lowest BCUT2D eigenvalue weighted by Crippen LogP contribution is -2.39. The molecule has 3 aromatic heterocycles. The minimum absolute atomic E-state index is 0.0700. The fourth-order valence-electron chi connectivity index (χ4n) is 3.28. The molecule has 0 aliphatic heterocycles. The number of carbonyl (C=O) groups excluding carboxylic acids is 2. The van der Waals surface area contributed by atoms with Crippen LogP contribution in [-0.2, 0) is 28.9 Å². The van der Waals surface area contributed by atoms with Crippen LogP contribution in [0.5, 0.6) is 0 Å². The molecule has 0 aliphatic rings. The Morgan fingerprint density at radius 2 is 1.80 bits per heavy atom. The molecule has 2 amide bonds. The summed E-state index contributed by atoms with van der Waals surface area (Å²) in [4.78, 5) is 34.5. The summed E-state index contributed by atoms with van der Waals surface area (Å²) in [5.74, 6) is -2.62. The third-order valence-corrected chi connectivity index (χ3v) is 5.07. The average Bonchev–Trinajstić information content (AvgIpc) is 3.32. The second-order valence-corrected chi connectivity index (χ2v) is 7.46. The smallest absolute Gasteiger partial charge is 0.383 e. The number of benzene rings is 1. The van der Waals surface area contributed by atoms with Gasteiger partial charge in [-0.3, -0.25) is 19.7 Å². The van der Waals surface area contributed by atoms with E-state index < -0.39 is 29.4 Å². The maximum absolute atomic E-state index is 14.3. The molecular formula is C22H17F4N7O2. The molecule has 1 aromatic carbocycles. The van der Waals surface area contributed by atoms with Crippen molar-refractivity contribution in [1.29, 1.82) is 0 Å². The largest absolute Gasteiger partial charge is 0.417 e. The maximum Gasteiger partial charge on any atom is 0.417 e. The van der Waals surface area contributed by atoms with E-state index in [9.17, 15) is 27.2 Å². The number of nitrogen functional groups attached to an aromatic ring is 1. The van der Waals surface area contributed by atoms with Crippen LogP contribution in [0.4, 0.5) is 29.1 Å². The van der Waals surface area contributed by atoms with Crippen LogP contribution >= 0.6 is 0 Å². The lowest BCUT2D eigenvalue weighted by molar-refractivity contribution is -0.144. The Morgan fingerprint density at radius 1 is 1.03 bits per heavy atom. The van der Waals surface area contributed by atoms with Gasteiger partial charge < -0.3 is 16.0 Å². The van der Waals surface area contributed by atoms with E-state index in [-0.39, 0.29) is 35.9 Å². The van der Waals surface area contributed by atoms with E-state index in [0.29, 0.717) is 17.1 Å². The Kier molecular flexibility index (Phi) is 6.32. The van der Waals surface area contributed by atoms with Crippen molar-refractivity contribution in [2.24, 2.45) is 0 Å². The number of halogens is 4. The van der Waals surface area contributed by atoms with Crippen molar-refractivity contribution in [1.82, 2.24) is 25.1 Å². The van der Waals surface area contributed by atoms with Gasteiger partial charge in [-0.2, -0.15) is 18.3 Å². The van der Waals surface area contributed by atoms with Crippen LogP contribution in [0.15, 0.2) is 55.0 Å². The molecule has 0 spiro atoms. The Hall–Kier alpha value is -4.55. The Bertz CT molecular complexity index is 1390. The van der Waals surface area contributed by atoms with Crippen molar-refractivity contribution in [3.05, 3.63) is 77.6 Å². The van der Waals surface area contributed by atoms with Crippen LogP contribution in [0, 0.1) is 5.82 Å². The molecule has 13 heteroatoms. The summed E-state index contributed by atoms with van der Waals surface area (Å²) < 4.78 is 52.8. The number of aromatic nitrogens is 4. The van der Waals surface area contributed by atoms with E-state index in [1.807, 2.05) is 0 Å². The number of hydrogen-bond acceptors (Lipinski definition) is 6. The zero-order valence-electron chi connectivity index (χ0n) is 17.8. The van der Waals surface area contributed by atoms with Crippen LogP contribution in [0.2, 0.25) is 0 Å². The average molecular weight is 487 g/mol. The van der Waals surface area contributed by atoms with Gasteiger partial charge in [0.05, 0.1) is 46.8 Å². The van der Waals surface area contributed by atoms with Gasteiger partial charge in [0.15, 0.2) is 0 Å². The van der Waals surface area contributed by atoms with E-state index in [1.54, 1.807) is 6.07 Å². The van der Waals surface area contributed by atoms with Crippen molar-refractivity contribution in [2.75, 3.05) is 11.1 Å². The van der Waals surface area contributed by atoms with Gasteiger partial charge in [0.25, 0.3) is 0 Å². The van der Waals surface area contributed by atoms with Crippen LogP contribution in [0.25, 0.3) is 10.9 Å². The number of carbonyl (C=O) groups is 2. The number of pyridine rings is 2. The highest BCUT2D eigenvalue weighted by molar-refractivity contribution is 6.40. The maximum atomic E-state index is 14.3. The zero-order chi connectivity index (χ0) is 25.2. The molecular weight excluding hydrogens is 470 g/mol. The lowest BCUT2D eigenvalue weighted by Gasteiger charge is -2.22. The van der Waals surface area contributed by atoms with Crippen molar-refractivity contribution >= 4 is 34.2 Å². The number of aromatic amines is 1. The summed E-state index contributed by atoms with van der Waals surface area (Å²) in [6.45, 7) is -0.681. The van der Waals surface area contributed by atoms with E-state index in [1.165, 1.54) is 30.6 Å². The Labute approximate surface area is 195 Å². The first-order valence-electron chi connectivity index (χ1n) is 10.1. The molecule has 0 radical (unpaired) electrons. The van der Waals surface area contributed by atoms with Gasteiger partial charge in [-0.15, -0.1) is 0 Å². The number of H-pyrrole nitrogens is 1. The number of fused-ring (bicyclic) bond motifs is 1. The van der Waals surface area contributed by atoms with Gasteiger partial charge in [-0.05, 0) is 18.2 Å². The summed E-state index contributed by atoms with van der Waals surface area (Å²) in [5, 5.41) is 9.31. The van der Waals surface area contributed by atoms with Crippen LogP contribution in [0.1, 0.15) is 16.8 Å². The molecule has 9 nitrogen and oxygen atoms in total. The van der Waals surface area contributed by atoms with Gasteiger partial charge in [0.1, 0.15) is 11.6 Å². The number of nitrogens with zero attached hydrogens (tertiary/aromatic N) is 4. The lowest BCUT2D eigenvalue weighted by atomic mass is 10.2. The number of amides is 2. The van der Waals surface area contributed by atoms with E-state index in [0.717, 1.165) is 17.0 Å². The van der Waals surface area contributed by atoms with Gasteiger partial charge in [0, 0.05) is 18.3 Å². The number of nitrogens with one attached hydrogen (secondary N) is 2. The highest BCUT2D eigenvalue weighted by Crippen LogP contribution is 2.28. The monoisotopic (exact) mass is 487 g/mol. The van der Waals surface area contributed by atoms with Gasteiger partial charge in [-0.25, -0.2) is 9.37 Å². The molecule has 0 atom stereocenters. The minimum atomic E-state index is -4.58. The predicted octanol–water partition coefficient (Wildman–Crippen LogP) is 3.26. The number of anilines is 2. The number of hydrogen-bond donors (Lipinski definition) is 3. The first-order valence-corrected chi connectivity index (χ1v) is 10.1. The second kappa shape index (κ2) is 9.37. The second-order valence-electron chi connectivity index (χ2n) is 7.46. The molecule has 4 N–H and O–H groups in total. The molecule has 4 aromatic rings. The summed E-state index contributed by atoms with van der Waals surface area (Å²) in [6.07, 6.45) is -1.33. The fourth-order valence-corrected chi connectivity index (χ4v) is 3.28. The van der Waals surface area contributed by atoms with Crippen LogP contribution < -0.4 is 11.1 Å². The number of nitrogens with two attached hydrogens (primary N) is 1. The number of rotatable bonds is 5. The SMILES string of the molecule is Nc1ncc(NC(=O)C(=O)N(Cc2ccc(C(F)(F)F)cn2)Cc2ccccc2F)c2[nH]ncc12. The molecule has 0 fully saturated rings. The molecule has 0 saturated heterocycles. The molecule has 35 heavy (non-hydrogen) atoms. The van der Waals surface area contributed by atoms with Crippen LogP contribution in [-0.4, -0.2) is 36.9 Å². The Morgan fingerprint density at radius 3 is 2.49 bits per heavy atom. The fraction of sp³-hybridized carbons (Fsp3) is 0.136. The zero-order valence-corrected chi connectivity index (χ0v) is 17.8. The predicted molar refractivity (Wildman–Crippen MR) is 117 cm³/mol. The molecule has 0 saturated carbocycles. The van der Waals surface area contributed by atoms with Gasteiger partial charge >= 0.3 is 18.0 Å². The van der Waals surface area contributed by atoms with Gasteiger partial charge in [0.2, 0.25) is 0 Å². The third-order valence-electron chi connectivity index (χ3n) is 5.07. The first-order chi connectivity index (χ1) is 16.6. The summed E-state index contributed by atoms with van der Waals surface area (Å²) in [6, 6.07) is 7.50. The highest BCUT2D eigenvalue weighted by atomic mass is 19.4. The number of alkyl halides is 3. The molecule has 0 aliphatic carbocycles. The summed E-state index contributed by atoms with van der Waals surface area (Å²) >= 11 is 0. The molecule has 0 unspecified atom stereocenters. The molecule has 4 rings (SSSR count). The van der Waals surface area contributed by atoms with E-state index in [2.05, 4.69) is 25.5 Å². The summed E-state index contributed by atoms with van der Waals surface area (Å²) in [7, 11) is 0. The third kappa shape index (κ3) is 5.18. The molecule has 3 heterocycles. The van der Waals surface area contributed by atoms with Crippen molar-refractivity contribution < 1.29 is 27.2 Å². The topological polar surface area (TPSA) is 130 Å². The van der Waals surface area contributed by atoms with Crippen molar-refractivity contribution in [3.63, 3.8) is 0 Å². The van der Waals surface area contributed by atoms with Crippen molar-refractivity contribution in [2.45, 2.75) is 19.3 Å². The van der Waals surface area contributed by atoms with Crippen molar-refractivity contribution in [3.8, 4) is 0 Å². The van der Waals surface area contributed by atoms with E-state index in [4.69, 9.17) is 5.73 Å². The van der Waals surface area contributed by atoms with Crippen LogP contribution in [0.3, 0.4) is 0 Å². The highest BCUT2D eigenvalue weighted by Gasteiger charge is 2.31. The Balaban J connectivity index is 1.59. The van der Waals surface area contributed by atoms with Gasteiger partial charge in [-0.1, -0.05) is 18.2 Å². The van der Waals surface area contributed by atoms with E-state index >= 15 is 0 Å². The molecule has 0 bridgehead atoms. The first kappa shape index (κ1) is 23.6. The standard InChI is InChI=1S/C22H17F4N7O2/c23-16-4-2-1-3-12(16)10-33(11-14-6-5-13(7-28-14)22(24,25)26)21(35)20(34)31-17-9-29-19(27)15-8-30-32-18(15)17/h1-9H,10-11H2,(H2,27,29)(H,30,32)(H,31,34). The summed E-state index contributed by atoms with van der Waals surface area (Å²) in [5.41, 5.74) is 5.43. The molecule has 180 valence electrons. The quantitative estimate of drug-likeness (QED) is 0.293. The normalized spacial score (nSPS) is 11.4.